The number of methoxy groups -OCH3 is 1. The first kappa shape index (κ1) is 14.5. The lowest BCUT2D eigenvalue weighted by Crippen LogP contribution is -2.25. The summed E-state index contributed by atoms with van der Waals surface area (Å²) in [5.41, 5.74) is 1.47. The van der Waals surface area contributed by atoms with Crippen LogP contribution in [0.4, 0.5) is 0 Å². The minimum absolute atomic E-state index is 0.0570. The van der Waals surface area contributed by atoms with Crippen molar-refractivity contribution >= 4 is 5.78 Å². The van der Waals surface area contributed by atoms with Gasteiger partial charge in [-0.15, -0.1) is 0 Å². The van der Waals surface area contributed by atoms with Crippen molar-refractivity contribution in [3.63, 3.8) is 0 Å². The molecule has 0 aliphatic rings. The molecule has 0 fully saturated rings. The van der Waals surface area contributed by atoms with E-state index in [9.17, 15) is 4.79 Å². The summed E-state index contributed by atoms with van der Waals surface area (Å²) in [6.07, 6.45) is 0.458. The molecule has 0 amide bonds. The average Bonchev–Trinajstić information content (AvgIpc) is 2.37. The molecule has 0 aliphatic heterocycles. The van der Waals surface area contributed by atoms with Crippen molar-refractivity contribution < 1.29 is 9.53 Å². The van der Waals surface area contributed by atoms with Gasteiger partial charge in [0.25, 0.3) is 0 Å². The predicted molar refractivity (Wildman–Crippen MR) is 73.5 cm³/mol. The zero-order valence-corrected chi connectivity index (χ0v) is 11.5. The number of likely N-dealkylation sites (N-methyl/N-ethyl adjacent to an activating group) is 1. The zero-order chi connectivity index (χ0) is 13.7. The summed E-state index contributed by atoms with van der Waals surface area (Å²) in [4.78, 5) is 13.7. The molecule has 0 atom stereocenters. The molecule has 0 aromatic heterocycles. The van der Waals surface area contributed by atoms with Crippen LogP contribution in [0.1, 0.15) is 18.9 Å². The molecule has 1 aromatic rings. The van der Waals surface area contributed by atoms with Gasteiger partial charge in [-0.05, 0) is 31.8 Å². The van der Waals surface area contributed by atoms with Gasteiger partial charge in [-0.2, -0.15) is 0 Å². The van der Waals surface area contributed by atoms with Gasteiger partial charge in [0.15, 0.2) is 5.78 Å². The average molecular weight is 246 g/mol. The van der Waals surface area contributed by atoms with Gasteiger partial charge in [-0.25, -0.2) is 0 Å². The van der Waals surface area contributed by atoms with Crippen LogP contribution >= 0.6 is 0 Å². The molecular weight excluding hydrogens is 226 g/mol. The van der Waals surface area contributed by atoms with Gasteiger partial charge in [0.2, 0.25) is 0 Å². The molecule has 0 spiro atoms. The molecule has 3 nitrogen and oxygen atoms in total. The molecule has 97 valence electrons. The minimum Gasteiger partial charge on any atom is -0.497 e. The van der Waals surface area contributed by atoms with Crippen molar-refractivity contribution in [1.29, 1.82) is 0 Å². The highest BCUT2D eigenvalue weighted by Gasteiger charge is 2.23. The van der Waals surface area contributed by atoms with Gasteiger partial charge in [-0.3, -0.25) is 9.69 Å². The molecular formula is C15H20NO2. The van der Waals surface area contributed by atoms with Crippen molar-refractivity contribution in [2.45, 2.75) is 13.3 Å². The summed E-state index contributed by atoms with van der Waals surface area (Å²) >= 11 is 0. The van der Waals surface area contributed by atoms with E-state index in [1.54, 1.807) is 7.11 Å². The first-order valence-electron chi connectivity index (χ1n) is 5.92. The molecule has 0 aliphatic carbocycles. The maximum absolute atomic E-state index is 11.8. The van der Waals surface area contributed by atoms with Gasteiger partial charge < -0.3 is 4.74 Å². The molecule has 0 saturated carbocycles. The Kier molecular flexibility index (Phi) is 5.10. The highest BCUT2D eigenvalue weighted by atomic mass is 16.5. The van der Waals surface area contributed by atoms with Crippen LogP contribution < -0.4 is 4.74 Å². The monoisotopic (exact) mass is 246 g/mol. The third kappa shape index (κ3) is 3.20. The lowest BCUT2D eigenvalue weighted by atomic mass is 9.95. The van der Waals surface area contributed by atoms with Gasteiger partial charge in [0.1, 0.15) is 11.8 Å². The van der Waals surface area contributed by atoms with Gasteiger partial charge in [-0.1, -0.05) is 25.6 Å². The Morgan fingerprint density at radius 1 is 1.39 bits per heavy atom. The standard InChI is InChI=1S/C15H20NO2/c1-6-14(17)11(2)15(16(3)4)12-8-7-9-13(10-12)18-5/h7-10H,2,6H2,1,3-5H3. The number of nitrogens with zero attached hydrogens (tertiary/aromatic N) is 1. The number of carbonyl (C=O) groups excluding carboxylic acids is 1. The number of benzene rings is 1. The van der Waals surface area contributed by atoms with Crippen LogP contribution in [0.25, 0.3) is 0 Å². The van der Waals surface area contributed by atoms with Crippen LogP contribution in [0, 0.1) is 6.04 Å². The van der Waals surface area contributed by atoms with E-state index in [4.69, 9.17) is 4.74 Å². The van der Waals surface area contributed by atoms with E-state index in [-0.39, 0.29) is 5.78 Å². The van der Waals surface area contributed by atoms with E-state index in [0.717, 1.165) is 17.4 Å². The highest BCUT2D eigenvalue weighted by molar-refractivity contribution is 5.98. The van der Waals surface area contributed by atoms with E-state index in [1.807, 2.05) is 50.2 Å². The van der Waals surface area contributed by atoms with E-state index in [0.29, 0.717) is 12.0 Å². The Bertz CT molecular complexity index is 438. The van der Waals surface area contributed by atoms with Gasteiger partial charge >= 0.3 is 0 Å². The Labute approximate surface area is 109 Å². The number of rotatable bonds is 6. The number of hydrogen-bond acceptors (Lipinski definition) is 3. The summed E-state index contributed by atoms with van der Waals surface area (Å²) in [7, 11) is 5.44. The number of ether oxygens (including phenoxy) is 1. The van der Waals surface area contributed by atoms with E-state index < -0.39 is 0 Å². The van der Waals surface area contributed by atoms with Crippen molar-refractivity contribution in [2.24, 2.45) is 0 Å². The van der Waals surface area contributed by atoms with Crippen LogP contribution in [0.3, 0.4) is 0 Å². The normalized spacial score (nSPS) is 10.8. The second-order valence-corrected chi connectivity index (χ2v) is 4.23. The molecule has 0 saturated heterocycles. The summed E-state index contributed by atoms with van der Waals surface area (Å²) in [6.45, 7) is 5.75. The molecule has 1 radical (unpaired) electrons. The quantitative estimate of drug-likeness (QED) is 0.723. The highest BCUT2D eigenvalue weighted by Crippen LogP contribution is 2.28. The number of Topliss-reactive ketones (excluding diaryl/α,β-unsaturated/α-hetero) is 1. The molecule has 0 N–H and O–H groups in total. The van der Waals surface area contributed by atoms with Crippen LogP contribution in [0.5, 0.6) is 5.75 Å². The number of carbonyl (C=O) groups is 1. The van der Waals surface area contributed by atoms with E-state index >= 15 is 0 Å². The molecule has 0 unspecified atom stereocenters. The maximum Gasteiger partial charge on any atom is 0.160 e. The molecule has 0 bridgehead atoms. The van der Waals surface area contributed by atoms with Crippen LogP contribution in [-0.4, -0.2) is 31.9 Å². The summed E-state index contributed by atoms with van der Waals surface area (Å²) < 4.78 is 5.20. The lowest BCUT2D eigenvalue weighted by Gasteiger charge is -2.25. The molecule has 3 heteroatoms. The second kappa shape index (κ2) is 6.36. The molecule has 18 heavy (non-hydrogen) atoms. The topological polar surface area (TPSA) is 29.5 Å². The Hall–Kier alpha value is -1.61. The molecule has 1 rings (SSSR count). The summed E-state index contributed by atoms with van der Waals surface area (Å²) in [5, 5.41) is 0. The fourth-order valence-electron chi connectivity index (χ4n) is 1.82. The van der Waals surface area contributed by atoms with Crippen LogP contribution in [-0.2, 0) is 4.79 Å². The summed E-state index contributed by atoms with van der Waals surface area (Å²) in [5.74, 6) is 0.824. The van der Waals surface area contributed by atoms with Gasteiger partial charge in [0.05, 0.1) is 7.11 Å². The van der Waals surface area contributed by atoms with E-state index in [2.05, 4.69) is 6.58 Å². The second-order valence-electron chi connectivity index (χ2n) is 4.23. The maximum atomic E-state index is 11.8. The fourth-order valence-corrected chi connectivity index (χ4v) is 1.82. The first-order chi connectivity index (χ1) is 8.51. The van der Waals surface area contributed by atoms with Crippen molar-refractivity contribution in [2.75, 3.05) is 21.2 Å². The minimum atomic E-state index is 0.0570. The molecule has 1 aromatic carbocycles. The third-order valence-corrected chi connectivity index (χ3v) is 2.73. The SMILES string of the molecule is C=C([C](c1cccc(OC)c1)N(C)C)C(=O)CC. The lowest BCUT2D eigenvalue weighted by molar-refractivity contribution is -0.115. The molecule has 0 heterocycles. The van der Waals surface area contributed by atoms with Crippen LogP contribution in [0.15, 0.2) is 36.4 Å². The summed E-state index contributed by atoms with van der Waals surface area (Å²) in [6, 6.07) is 8.47. The van der Waals surface area contributed by atoms with Crippen LogP contribution in [0.2, 0.25) is 0 Å². The predicted octanol–water partition coefficient (Wildman–Crippen LogP) is 2.67. The van der Waals surface area contributed by atoms with Gasteiger partial charge in [0, 0.05) is 12.0 Å². The zero-order valence-electron chi connectivity index (χ0n) is 11.5. The van der Waals surface area contributed by atoms with E-state index in [1.165, 1.54) is 0 Å². The Morgan fingerprint density at radius 3 is 2.56 bits per heavy atom. The smallest absolute Gasteiger partial charge is 0.160 e. The van der Waals surface area contributed by atoms with Crippen molar-refractivity contribution in [3.05, 3.63) is 48.0 Å². The number of ketones is 1. The number of hydrogen-bond donors (Lipinski definition) is 0. The largest absolute Gasteiger partial charge is 0.497 e. The van der Waals surface area contributed by atoms with Crippen molar-refractivity contribution in [3.8, 4) is 5.75 Å². The third-order valence-electron chi connectivity index (χ3n) is 2.73. The first-order valence-corrected chi connectivity index (χ1v) is 5.92. The fraction of sp³-hybridized carbons (Fsp3) is 0.333. The van der Waals surface area contributed by atoms with Crippen molar-refractivity contribution in [1.82, 2.24) is 4.90 Å². The Balaban J connectivity index is 3.12. The Morgan fingerprint density at radius 2 is 2.06 bits per heavy atom.